The van der Waals surface area contributed by atoms with Crippen LogP contribution < -0.4 is 5.56 Å². The number of aromatic amines is 1. The lowest BCUT2D eigenvalue weighted by Gasteiger charge is -2.03. The maximum Gasteiger partial charge on any atom is 0.251 e. The molecule has 0 saturated carbocycles. The highest BCUT2D eigenvalue weighted by molar-refractivity contribution is 5.95. The molecule has 2 heterocycles. The molecular weight excluding hydrogens is 244 g/mol. The number of fused-ring (bicyclic) bond motifs is 1. The van der Waals surface area contributed by atoms with Crippen molar-refractivity contribution in [3.63, 3.8) is 0 Å². The van der Waals surface area contributed by atoms with Crippen molar-refractivity contribution in [2.45, 2.75) is 0 Å². The lowest BCUT2D eigenvalue weighted by atomic mass is 10.0. The standard InChI is InChI=1S/C14H8N2O3/c15-6-10-9(5-13(17)16-14(10)18)11-7-19-12-4-2-1-3-8(11)12/h1-5,7H,(H2,16,17,18). The Morgan fingerprint density at radius 2 is 2.05 bits per heavy atom. The minimum absolute atomic E-state index is 0.0196. The highest BCUT2D eigenvalue weighted by Crippen LogP contribution is 2.33. The van der Waals surface area contributed by atoms with Gasteiger partial charge in [-0.1, -0.05) is 18.2 Å². The first-order valence-corrected chi connectivity index (χ1v) is 5.53. The Morgan fingerprint density at radius 3 is 2.84 bits per heavy atom. The van der Waals surface area contributed by atoms with Gasteiger partial charge in [-0.15, -0.1) is 0 Å². The third-order valence-corrected chi connectivity index (χ3v) is 2.91. The van der Waals surface area contributed by atoms with E-state index in [1.54, 1.807) is 6.07 Å². The van der Waals surface area contributed by atoms with E-state index >= 15 is 0 Å². The molecule has 2 aromatic heterocycles. The Morgan fingerprint density at radius 1 is 1.26 bits per heavy atom. The average Bonchev–Trinajstić information content (AvgIpc) is 2.81. The summed E-state index contributed by atoms with van der Waals surface area (Å²) in [5, 5.41) is 19.5. The number of pyridine rings is 1. The van der Waals surface area contributed by atoms with E-state index in [9.17, 15) is 9.90 Å². The van der Waals surface area contributed by atoms with E-state index in [2.05, 4.69) is 4.98 Å². The molecule has 0 saturated heterocycles. The molecule has 5 heteroatoms. The van der Waals surface area contributed by atoms with Gasteiger partial charge in [0.2, 0.25) is 5.88 Å². The highest BCUT2D eigenvalue weighted by Gasteiger charge is 2.15. The molecule has 0 fully saturated rings. The second-order valence-electron chi connectivity index (χ2n) is 4.03. The SMILES string of the molecule is N#Cc1c(-c2coc3ccccc23)cc(=O)[nH]c1O. The molecule has 0 amide bonds. The van der Waals surface area contributed by atoms with E-state index in [1.165, 1.54) is 12.3 Å². The minimum atomic E-state index is -0.475. The van der Waals surface area contributed by atoms with Crippen LogP contribution in [0, 0.1) is 11.3 Å². The summed E-state index contributed by atoms with van der Waals surface area (Å²) in [5.74, 6) is -0.435. The number of rotatable bonds is 1. The first kappa shape index (κ1) is 11.1. The van der Waals surface area contributed by atoms with Crippen LogP contribution in [0.2, 0.25) is 0 Å². The molecule has 0 aliphatic heterocycles. The molecule has 0 aliphatic rings. The summed E-state index contributed by atoms with van der Waals surface area (Å²) in [5.41, 5.74) is 1.16. The molecule has 0 aliphatic carbocycles. The van der Waals surface area contributed by atoms with Crippen LogP contribution in [-0.2, 0) is 0 Å². The molecule has 0 atom stereocenters. The first-order chi connectivity index (χ1) is 9.20. The number of aromatic hydroxyl groups is 1. The molecule has 0 radical (unpaired) electrons. The van der Waals surface area contributed by atoms with Crippen molar-refractivity contribution >= 4 is 11.0 Å². The summed E-state index contributed by atoms with van der Waals surface area (Å²) in [4.78, 5) is 13.6. The quantitative estimate of drug-likeness (QED) is 0.695. The third-order valence-electron chi connectivity index (χ3n) is 2.91. The van der Waals surface area contributed by atoms with Crippen molar-refractivity contribution in [1.29, 1.82) is 5.26 Å². The van der Waals surface area contributed by atoms with E-state index in [0.29, 0.717) is 16.7 Å². The van der Waals surface area contributed by atoms with Gasteiger partial charge >= 0.3 is 0 Å². The highest BCUT2D eigenvalue weighted by atomic mass is 16.3. The van der Waals surface area contributed by atoms with Gasteiger partial charge < -0.3 is 9.52 Å². The second kappa shape index (κ2) is 4.03. The van der Waals surface area contributed by atoms with E-state index in [1.807, 2.05) is 24.3 Å². The number of para-hydroxylation sites is 1. The summed E-state index contributed by atoms with van der Waals surface area (Å²) in [6.45, 7) is 0. The van der Waals surface area contributed by atoms with Gasteiger partial charge in [-0.05, 0) is 6.07 Å². The fourth-order valence-electron chi connectivity index (χ4n) is 2.06. The molecule has 2 N–H and O–H groups in total. The first-order valence-electron chi connectivity index (χ1n) is 5.53. The van der Waals surface area contributed by atoms with E-state index in [4.69, 9.17) is 9.68 Å². The lowest BCUT2D eigenvalue weighted by molar-refractivity contribution is 0.450. The van der Waals surface area contributed by atoms with Gasteiger partial charge in [-0.25, -0.2) is 0 Å². The zero-order valence-corrected chi connectivity index (χ0v) is 9.68. The largest absolute Gasteiger partial charge is 0.494 e. The zero-order valence-electron chi connectivity index (χ0n) is 9.68. The van der Waals surface area contributed by atoms with Crippen LogP contribution in [0.25, 0.3) is 22.1 Å². The lowest BCUT2D eigenvalue weighted by Crippen LogP contribution is -2.05. The number of nitriles is 1. The van der Waals surface area contributed by atoms with Crippen molar-refractivity contribution in [2.24, 2.45) is 0 Å². The van der Waals surface area contributed by atoms with E-state index < -0.39 is 11.4 Å². The molecule has 3 aromatic rings. The normalized spacial score (nSPS) is 10.5. The van der Waals surface area contributed by atoms with Crippen molar-refractivity contribution < 1.29 is 9.52 Å². The molecule has 0 spiro atoms. The molecule has 1 aromatic carbocycles. The zero-order chi connectivity index (χ0) is 13.4. The van der Waals surface area contributed by atoms with Crippen LogP contribution in [0.5, 0.6) is 5.88 Å². The van der Waals surface area contributed by atoms with Crippen LogP contribution in [0.1, 0.15) is 5.56 Å². The monoisotopic (exact) mass is 252 g/mol. The topological polar surface area (TPSA) is 90.0 Å². The average molecular weight is 252 g/mol. The molecular formula is C14H8N2O3. The van der Waals surface area contributed by atoms with Crippen LogP contribution in [-0.4, -0.2) is 10.1 Å². The number of nitrogens with zero attached hydrogens (tertiary/aromatic N) is 1. The number of H-pyrrole nitrogens is 1. The number of aromatic nitrogens is 1. The molecule has 3 rings (SSSR count). The Balaban J connectivity index is 2.40. The minimum Gasteiger partial charge on any atom is -0.494 e. The van der Waals surface area contributed by atoms with Gasteiger partial charge in [-0.2, -0.15) is 5.26 Å². The third kappa shape index (κ3) is 1.67. The number of furan rings is 1. The van der Waals surface area contributed by atoms with Gasteiger partial charge in [-0.3, -0.25) is 9.78 Å². The van der Waals surface area contributed by atoms with Crippen molar-refractivity contribution in [3.8, 4) is 23.1 Å². The van der Waals surface area contributed by atoms with Gasteiger partial charge in [0.15, 0.2) is 0 Å². The summed E-state index contributed by atoms with van der Waals surface area (Å²) >= 11 is 0. The second-order valence-corrected chi connectivity index (χ2v) is 4.03. The molecule has 19 heavy (non-hydrogen) atoms. The number of hydrogen-bond acceptors (Lipinski definition) is 4. The smallest absolute Gasteiger partial charge is 0.251 e. The van der Waals surface area contributed by atoms with E-state index in [0.717, 1.165) is 5.39 Å². The fourth-order valence-corrected chi connectivity index (χ4v) is 2.06. The molecule has 92 valence electrons. The van der Waals surface area contributed by atoms with Crippen LogP contribution in [0.15, 0.2) is 45.8 Å². The predicted octanol–water partition coefficient (Wildman–Crippen LogP) is 2.37. The van der Waals surface area contributed by atoms with E-state index in [-0.39, 0.29) is 5.56 Å². The van der Waals surface area contributed by atoms with Crippen LogP contribution in [0.4, 0.5) is 0 Å². The number of benzene rings is 1. The molecule has 5 nitrogen and oxygen atoms in total. The molecule has 0 bridgehead atoms. The summed E-state index contributed by atoms with van der Waals surface area (Å²) in [6.07, 6.45) is 1.47. The Kier molecular flexibility index (Phi) is 2.36. The maximum absolute atomic E-state index is 11.5. The summed E-state index contributed by atoms with van der Waals surface area (Å²) in [6, 6.07) is 10.4. The van der Waals surface area contributed by atoms with Crippen molar-refractivity contribution in [3.05, 3.63) is 52.5 Å². The van der Waals surface area contributed by atoms with Crippen molar-refractivity contribution in [2.75, 3.05) is 0 Å². The number of hydrogen-bond donors (Lipinski definition) is 2. The molecule has 0 unspecified atom stereocenters. The Bertz CT molecular complexity index is 868. The van der Waals surface area contributed by atoms with Crippen molar-refractivity contribution in [1.82, 2.24) is 4.98 Å². The summed E-state index contributed by atoms with van der Waals surface area (Å²) < 4.78 is 5.38. The number of nitrogens with one attached hydrogen (secondary N) is 1. The maximum atomic E-state index is 11.5. The predicted molar refractivity (Wildman–Crippen MR) is 68.7 cm³/mol. The van der Waals surface area contributed by atoms with Crippen LogP contribution >= 0.6 is 0 Å². The Labute approximate surface area is 107 Å². The van der Waals surface area contributed by atoms with Gasteiger partial charge in [0.25, 0.3) is 5.56 Å². The van der Waals surface area contributed by atoms with Gasteiger partial charge in [0.1, 0.15) is 17.2 Å². The fraction of sp³-hybridized carbons (Fsp3) is 0. The van der Waals surface area contributed by atoms with Crippen LogP contribution in [0.3, 0.4) is 0 Å². The van der Waals surface area contributed by atoms with Gasteiger partial charge in [0, 0.05) is 22.6 Å². The summed E-state index contributed by atoms with van der Waals surface area (Å²) in [7, 11) is 0. The Hall–Kier alpha value is -3.00. The van der Waals surface area contributed by atoms with Gasteiger partial charge in [0.05, 0.1) is 6.26 Å².